The third kappa shape index (κ3) is 4.42. The van der Waals surface area contributed by atoms with Crippen molar-refractivity contribution in [2.24, 2.45) is 0 Å². The number of nitrogens with zero attached hydrogens (tertiary/aromatic N) is 3. The molecule has 3 aromatic rings. The number of benzene rings is 1. The van der Waals surface area contributed by atoms with Gasteiger partial charge in [0.15, 0.2) is 16.8 Å². The molecular weight excluding hydrogens is 364 g/mol. The van der Waals surface area contributed by atoms with Gasteiger partial charge in [-0.2, -0.15) is 0 Å². The maximum atomic E-state index is 13.1. The fourth-order valence-electron chi connectivity index (χ4n) is 1.97. The second-order valence-corrected chi connectivity index (χ2v) is 5.90. The highest BCUT2D eigenvalue weighted by Crippen LogP contribution is 2.18. The third-order valence-corrected chi connectivity index (χ3v) is 3.92. The first-order chi connectivity index (χ1) is 12.5. The third-order valence-electron chi connectivity index (χ3n) is 3.11. The van der Waals surface area contributed by atoms with Crippen LogP contribution in [0.3, 0.4) is 0 Å². The van der Waals surface area contributed by atoms with Crippen LogP contribution in [0.25, 0.3) is 0 Å². The lowest BCUT2D eigenvalue weighted by molar-refractivity contribution is -0.115. The Hall–Kier alpha value is -3.27. The van der Waals surface area contributed by atoms with Crippen LogP contribution in [0.5, 0.6) is 0 Å². The summed E-state index contributed by atoms with van der Waals surface area (Å²) in [5.41, 5.74) is 0.699. The van der Waals surface area contributed by atoms with Gasteiger partial charge in [-0.25, -0.2) is 18.7 Å². The van der Waals surface area contributed by atoms with E-state index in [1.807, 2.05) is 0 Å². The molecule has 0 radical (unpaired) electrons. The van der Waals surface area contributed by atoms with Gasteiger partial charge in [0.05, 0.1) is 18.3 Å². The Morgan fingerprint density at radius 2 is 1.96 bits per heavy atom. The number of hydrogen-bond donors (Lipinski definition) is 2. The Morgan fingerprint density at radius 3 is 2.69 bits per heavy atom. The summed E-state index contributed by atoms with van der Waals surface area (Å²) >= 11 is 1.14. The van der Waals surface area contributed by atoms with Crippen molar-refractivity contribution in [1.82, 2.24) is 15.0 Å². The molecule has 2 aromatic heterocycles. The van der Waals surface area contributed by atoms with Crippen LogP contribution in [0.2, 0.25) is 0 Å². The summed E-state index contributed by atoms with van der Waals surface area (Å²) in [6, 6.07) is 3.07. The lowest BCUT2D eigenvalue weighted by atomic mass is 10.2. The van der Waals surface area contributed by atoms with Crippen LogP contribution in [0.1, 0.15) is 16.2 Å². The van der Waals surface area contributed by atoms with E-state index in [1.54, 1.807) is 5.38 Å². The number of halogens is 2. The second-order valence-electron chi connectivity index (χ2n) is 5.04. The van der Waals surface area contributed by atoms with Crippen molar-refractivity contribution in [2.45, 2.75) is 6.42 Å². The molecule has 2 heterocycles. The smallest absolute Gasteiger partial charge is 0.277 e. The van der Waals surface area contributed by atoms with Gasteiger partial charge in [0.25, 0.3) is 5.91 Å². The van der Waals surface area contributed by atoms with Crippen molar-refractivity contribution < 1.29 is 18.4 Å². The highest BCUT2D eigenvalue weighted by molar-refractivity contribution is 7.14. The first-order valence-corrected chi connectivity index (χ1v) is 8.16. The van der Waals surface area contributed by atoms with E-state index in [4.69, 9.17) is 0 Å². The molecule has 7 nitrogen and oxygen atoms in total. The number of carbonyl (C=O) groups is 2. The molecule has 2 amide bonds. The maximum absolute atomic E-state index is 13.1. The van der Waals surface area contributed by atoms with E-state index < -0.39 is 23.4 Å². The zero-order chi connectivity index (χ0) is 18.5. The predicted molar refractivity (Wildman–Crippen MR) is 90.8 cm³/mol. The van der Waals surface area contributed by atoms with E-state index in [0.29, 0.717) is 10.8 Å². The summed E-state index contributed by atoms with van der Waals surface area (Å²) in [6.45, 7) is 0. The Balaban J connectivity index is 1.58. The number of rotatable bonds is 5. The number of aromatic nitrogens is 3. The summed E-state index contributed by atoms with van der Waals surface area (Å²) in [4.78, 5) is 35.7. The Morgan fingerprint density at radius 1 is 1.12 bits per heavy atom. The zero-order valence-corrected chi connectivity index (χ0v) is 13.9. The number of hydrogen-bond acceptors (Lipinski definition) is 6. The molecule has 0 aliphatic rings. The van der Waals surface area contributed by atoms with Gasteiger partial charge >= 0.3 is 0 Å². The van der Waals surface area contributed by atoms with E-state index >= 15 is 0 Å². The molecule has 0 unspecified atom stereocenters. The first kappa shape index (κ1) is 17.5. The van der Waals surface area contributed by atoms with Gasteiger partial charge in [0.2, 0.25) is 5.91 Å². The van der Waals surface area contributed by atoms with Crippen LogP contribution in [0.4, 0.5) is 19.6 Å². The van der Waals surface area contributed by atoms with Crippen molar-refractivity contribution in [1.29, 1.82) is 0 Å². The minimum atomic E-state index is -1.05. The summed E-state index contributed by atoms with van der Waals surface area (Å²) in [6.07, 6.45) is 4.07. The number of carbonyl (C=O) groups excluding carboxylic acids is 2. The van der Waals surface area contributed by atoms with Gasteiger partial charge in [0.1, 0.15) is 5.69 Å². The molecule has 1 aromatic carbocycles. The Bertz CT molecular complexity index is 949. The molecule has 132 valence electrons. The molecular formula is C16H11F2N5O2S. The van der Waals surface area contributed by atoms with Crippen LogP contribution < -0.4 is 10.6 Å². The van der Waals surface area contributed by atoms with Gasteiger partial charge in [-0.15, -0.1) is 11.3 Å². The van der Waals surface area contributed by atoms with E-state index in [2.05, 4.69) is 25.6 Å². The lowest BCUT2D eigenvalue weighted by Crippen LogP contribution is -2.15. The minimum absolute atomic E-state index is 0.0868. The zero-order valence-electron chi connectivity index (χ0n) is 13.1. The van der Waals surface area contributed by atoms with Crippen LogP contribution in [0, 0.1) is 11.6 Å². The van der Waals surface area contributed by atoms with Gasteiger partial charge in [-0.1, -0.05) is 0 Å². The first-order valence-electron chi connectivity index (χ1n) is 7.28. The van der Waals surface area contributed by atoms with Crippen LogP contribution in [0.15, 0.2) is 42.2 Å². The van der Waals surface area contributed by atoms with E-state index in [-0.39, 0.29) is 17.8 Å². The van der Waals surface area contributed by atoms with Crippen molar-refractivity contribution in [3.05, 3.63) is 65.2 Å². The Kier molecular flexibility index (Phi) is 5.23. The van der Waals surface area contributed by atoms with Gasteiger partial charge in [0, 0.05) is 29.5 Å². The fourth-order valence-corrected chi connectivity index (χ4v) is 2.67. The molecule has 0 saturated heterocycles. The average molecular weight is 375 g/mol. The largest absolute Gasteiger partial charge is 0.326 e. The molecule has 3 rings (SSSR count). The number of nitrogens with one attached hydrogen (secondary N) is 2. The van der Waals surface area contributed by atoms with Gasteiger partial charge < -0.3 is 5.32 Å². The summed E-state index contributed by atoms with van der Waals surface area (Å²) < 4.78 is 26.0. The SMILES string of the molecule is O=C(Cc1csc(NC(=O)c2cnccn2)n1)Nc1ccc(F)c(F)c1. The molecule has 0 saturated carbocycles. The topological polar surface area (TPSA) is 96.9 Å². The van der Waals surface area contributed by atoms with Gasteiger partial charge in [-0.05, 0) is 12.1 Å². The number of thiazole rings is 1. The molecule has 0 spiro atoms. The van der Waals surface area contributed by atoms with E-state index in [9.17, 15) is 18.4 Å². The van der Waals surface area contributed by atoms with Crippen molar-refractivity contribution in [2.75, 3.05) is 10.6 Å². The quantitative estimate of drug-likeness (QED) is 0.715. The molecule has 0 bridgehead atoms. The van der Waals surface area contributed by atoms with Crippen molar-refractivity contribution in [3.63, 3.8) is 0 Å². The summed E-state index contributed by atoms with van der Waals surface area (Å²) in [7, 11) is 0. The fraction of sp³-hybridized carbons (Fsp3) is 0.0625. The minimum Gasteiger partial charge on any atom is -0.326 e. The highest BCUT2D eigenvalue weighted by Gasteiger charge is 2.13. The van der Waals surface area contributed by atoms with E-state index in [0.717, 1.165) is 23.5 Å². The molecule has 0 fully saturated rings. The lowest BCUT2D eigenvalue weighted by Gasteiger charge is -2.04. The average Bonchev–Trinajstić information content (AvgIpc) is 3.05. The number of amides is 2. The number of anilines is 2. The summed E-state index contributed by atoms with van der Waals surface area (Å²) in [5, 5.41) is 6.92. The molecule has 0 aliphatic heterocycles. The van der Waals surface area contributed by atoms with E-state index in [1.165, 1.54) is 24.7 Å². The van der Waals surface area contributed by atoms with Gasteiger partial charge in [-0.3, -0.25) is 19.9 Å². The summed E-state index contributed by atoms with van der Waals surface area (Å²) in [5.74, 6) is -2.96. The van der Waals surface area contributed by atoms with Crippen LogP contribution in [-0.4, -0.2) is 26.8 Å². The standard InChI is InChI=1S/C16H11F2N5O2S/c17-11-2-1-9(5-12(11)18)21-14(24)6-10-8-26-16(22-10)23-15(25)13-7-19-3-4-20-13/h1-5,7-8H,6H2,(H,21,24)(H,22,23,25). The van der Waals surface area contributed by atoms with Crippen molar-refractivity contribution >= 4 is 34.0 Å². The second kappa shape index (κ2) is 7.74. The monoisotopic (exact) mass is 375 g/mol. The molecule has 2 N–H and O–H groups in total. The van der Waals surface area contributed by atoms with Crippen LogP contribution in [-0.2, 0) is 11.2 Å². The normalized spacial score (nSPS) is 10.4. The highest BCUT2D eigenvalue weighted by atomic mass is 32.1. The molecule has 10 heteroatoms. The Labute approximate surface area is 150 Å². The maximum Gasteiger partial charge on any atom is 0.277 e. The predicted octanol–water partition coefficient (Wildman–Crippen LogP) is 2.64. The van der Waals surface area contributed by atoms with Crippen LogP contribution >= 0.6 is 11.3 Å². The van der Waals surface area contributed by atoms with Crippen molar-refractivity contribution in [3.8, 4) is 0 Å². The molecule has 0 atom stereocenters. The molecule has 26 heavy (non-hydrogen) atoms. The molecule has 0 aliphatic carbocycles.